The summed E-state index contributed by atoms with van der Waals surface area (Å²) in [6.07, 6.45) is -0.0903. The third-order valence-corrected chi connectivity index (χ3v) is 3.38. The van der Waals surface area contributed by atoms with Crippen molar-refractivity contribution in [2.24, 2.45) is 0 Å². The number of halogens is 1. The number of hydrogen-bond acceptors (Lipinski definition) is 3. The van der Waals surface area contributed by atoms with E-state index >= 15 is 0 Å². The van der Waals surface area contributed by atoms with Crippen LogP contribution in [0.4, 0.5) is 9.39 Å². The van der Waals surface area contributed by atoms with Crippen molar-refractivity contribution in [1.82, 2.24) is 0 Å². The summed E-state index contributed by atoms with van der Waals surface area (Å²) in [5.41, 5.74) is 0.301. The number of benzene rings is 1. The second kappa shape index (κ2) is 5.62. The molecule has 6 heteroatoms. The van der Waals surface area contributed by atoms with Gasteiger partial charge in [-0.25, -0.2) is 9.18 Å². The highest BCUT2D eigenvalue weighted by Gasteiger charge is 2.11. The van der Waals surface area contributed by atoms with Crippen molar-refractivity contribution in [3.8, 4) is 0 Å². The first-order valence-corrected chi connectivity index (χ1v) is 6.24. The number of anilines is 1. The van der Waals surface area contributed by atoms with Gasteiger partial charge in [0, 0.05) is 0 Å². The van der Waals surface area contributed by atoms with E-state index in [1.807, 2.05) is 0 Å². The van der Waals surface area contributed by atoms with Crippen molar-refractivity contribution >= 4 is 28.2 Å². The lowest BCUT2D eigenvalue weighted by Gasteiger charge is -2.03. The Hall–Kier alpha value is -2.21. The molecule has 19 heavy (non-hydrogen) atoms. The largest absolute Gasteiger partial charge is 0.477 e. The van der Waals surface area contributed by atoms with Crippen LogP contribution in [-0.2, 0) is 11.2 Å². The van der Waals surface area contributed by atoms with Gasteiger partial charge in [-0.3, -0.25) is 4.79 Å². The van der Waals surface area contributed by atoms with Crippen molar-refractivity contribution in [2.45, 2.75) is 6.42 Å². The van der Waals surface area contributed by atoms with Gasteiger partial charge in [-0.05, 0) is 23.8 Å². The fourth-order valence-electron chi connectivity index (χ4n) is 1.52. The van der Waals surface area contributed by atoms with Gasteiger partial charge < -0.3 is 10.4 Å². The highest BCUT2D eigenvalue weighted by molar-refractivity contribution is 7.18. The molecule has 0 saturated carbocycles. The smallest absolute Gasteiger partial charge is 0.345 e. The number of carbonyl (C=O) groups excluding carboxylic acids is 1. The Bertz CT molecular complexity index is 624. The van der Waals surface area contributed by atoms with Gasteiger partial charge in [0.25, 0.3) is 0 Å². The van der Waals surface area contributed by atoms with Crippen LogP contribution >= 0.6 is 11.3 Å². The third-order valence-electron chi connectivity index (χ3n) is 2.39. The van der Waals surface area contributed by atoms with Gasteiger partial charge in [-0.2, -0.15) is 0 Å². The zero-order valence-electron chi connectivity index (χ0n) is 9.72. The van der Waals surface area contributed by atoms with Crippen LogP contribution < -0.4 is 5.32 Å². The van der Waals surface area contributed by atoms with E-state index in [1.54, 1.807) is 12.1 Å². The fourth-order valence-corrected chi connectivity index (χ4v) is 2.28. The van der Waals surface area contributed by atoms with Crippen molar-refractivity contribution in [2.75, 3.05) is 5.32 Å². The Labute approximate surface area is 112 Å². The SMILES string of the molecule is O=C(Cc1ccccc1F)Nc1ccc(C(=O)O)s1. The van der Waals surface area contributed by atoms with Crippen LogP contribution in [0.25, 0.3) is 0 Å². The lowest BCUT2D eigenvalue weighted by Crippen LogP contribution is -2.14. The molecule has 98 valence electrons. The molecule has 1 amide bonds. The number of hydrogen-bond donors (Lipinski definition) is 2. The Morgan fingerprint density at radius 2 is 1.95 bits per heavy atom. The van der Waals surface area contributed by atoms with E-state index in [2.05, 4.69) is 5.32 Å². The van der Waals surface area contributed by atoms with Crippen LogP contribution in [0.5, 0.6) is 0 Å². The fraction of sp³-hybridized carbons (Fsp3) is 0.0769. The standard InChI is InChI=1S/C13H10FNO3S/c14-9-4-2-1-3-8(9)7-11(16)15-12-6-5-10(19-12)13(17)18/h1-6H,7H2,(H,15,16)(H,17,18). The first-order chi connectivity index (χ1) is 9.06. The number of carboxylic acids is 1. The first kappa shape index (κ1) is 13.2. The number of aromatic carboxylic acids is 1. The molecule has 1 aromatic carbocycles. The molecule has 1 heterocycles. The molecule has 0 bridgehead atoms. The summed E-state index contributed by atoms with van der Waals surface area (Å²) >= 11 is 0.959. The molecular weight excluding hydrogens is 269 g/mol. The number of carbonyl (C=O) groups is 2. The average Bonchev–Trinajstić information content (AvgIpc) is 2.80. The monoisotopic (exact) mass is 279 g/mol. The minimum Gasteiger partial charge on any atom is -0.477 e. The maximum absolute atomic E-state index is 13.3. The Morgan fingerprint density at radius 1 is 1.21 bits per heavy atom. The van der Waals surface area contributed by atoms with E-state index in [1.165, 1.54) is 24.3 Å². The van der Waals surface area contributed by atoms with Crippen LogP contribution in [-0.4, -0.2) is 17.0 Å². The molecule has 0 radical (unpaired) electrons. The van der Waals surface area contributed by atoms with E-state index in [4.69, 9.17) is 5.11 Å². The number of amides is 1. The summed E-state index contributed by atoms with van der Waals surface area (Å²) in [5.74, 6) is -1.86. The zero-order valence-corrected chi connectivity index (χ0v) is 10.5. The molecular formula is C13H10FNO3S. The molecule has 2 aromatic rings. The van der Waals surface area contributed by atoms with E-state index in [0.29, 0.717) is 10.6 Å². The highest BCUT2D eigenvalue weighted by atomic mass is 32.1. The molecule has 0 aliphatic heterocycles. The van der Waals surface area contributed by atoms with Gasteiger partial charge in [0.1, 0.15) is 10.7 Å². The summed E-state index contributed by atoms with van der Waals surface area (Å²) < 4.78 is 13.3. The molecule has 2 rings (SSSR count). The molecule has 0 fully saturated rings. The zero-order chi connectivity index (χ0) is 13.8. The number of thiophene rings is 1. The topological polar surface area (TPSA) is 66.4 Å². The maximum atomic E-state index is 13.3. The first-order valence-electron chi connectivity index (χ1n) is 5.42. The van der Waals surface area contributed by atoms with Crippen molar-refractivity contribution in [1.29, 1.82) is 0 Å². The second-order valence-electron chi connectivity index (χ2n) is 3.79. The van der Waals surface area contributed by atoms with Crippen LogP contribution in [0.15, 0.2) is 36.4 Å². The van der Waals surface area contributed by atoms with E-state index in [-0.39, 0.29) is 17.2 Å². The maximum Gasteiger partial charge on any atom is 0.345 e. The number of carboxylic acid groups (broad SMARTS) is 1. The van der Waals surface area contributed by atoms with Crippen molar-refractivity contribution in [3.05, 3.63) is 52.7 Å². The molecule has 0 aliphatic rings. The molecule has 0 saturated heterocycles. The molecule has 0 unspecified atom stereocenters. The van der Waals surface area contributed by atoms with Crippen LogP contribution in [0.2, 0.25) is 0 Å². The van der Waals surface area contributed by atoms with E-state index < -0.39 is 11.8 Å². The minimum atomic E-state index is -1.04. The van der Waals surface area contributed by atoms with E-state index in [9.17, 15) is 14.0 Å². The average molecular weight is 279 g/mol. The van der Waals surface area contributed by atoms with Gasteiger partial charge in [0.15, 0.2) is 0 Å². The Morgan fingerprint density at radius 3 is 2.58 bits per heavy atom. The molecule has 2 N–H and O–H groups in total. The van der Waals surface area contributed by atoms with Gasteiger partial charge in [0.05, 0.1) is 11.4 Å². The Balaban J connectivity index is 2.01. The van der Waals surface area contributed by atoms with Crippen molar-refractivity contribution in [3.63, 3.8) is 0 Å². The van der Waals surface area contributed by atoms with E-state index in [0.717, 1.165) is 11.3 Å². The summed E-state index contributed by atoms with van der Waals surface area (Å²) in [7, 11) is 0. The quantitative estimate of drug-likeness (QED) is 0.904. The highest BCUT2D eigenvalue weighted by Crippen LogP contribution is 2.22. The summed E-state index contributed by atoms with van der Waals surface area (Å²) in [4.78, 5) is 22.5. The normalized spacial score (nSPS) is 10.2. The summed E-state index contributed by atoms with van der Waals surface area (Å²) in [6.45, 7) is 0. The summed E-state index contributed by atoms with van der Waals surface area (Å²) in [5, 5.41) is 11.7. The van der Waals surface area contributed by atoms with Gasteiger partial charge in [0.2, 0.25) is 5.91 Å². The predicted octanol–water partition coefficient (Wildman–Crippen LogP) is 2.77. The summed E-state index contributed by atoms with van der Waals surface area (Å²) in [6, 6.07) is 8.94. The molecule has 0 aliphatic carbocycles. The van der Waals surface area contributed by atoms with Gasteiger partial charge >= 0.3 is 5.97 Å². The van der Waals surface area contributed by atoms with Gasteiger partial charge in [-0.15, -0.1) is 11.3 Å². The molecule has 0 spiro atoms. The minimum absolute atomic E-state index is 0.0903. The molecule has 4 nitrogen and oxygen atoms in total. The predicted molar refractivity (Wildman–Crippen MR) is 70.0 cm³/mol. The van der Waals surface area contributed by atoms with Crippen LogP contribution in [0.3, 0.4) is 0 Å². The second-order valence-corrected chi connectivity index (χ2v) is 4.87. The lowest BCUT2D eigenvalue weighted by molar-refractivity contribution is -0.115. The van der Waals surface area contributed by atoms with Crippen LogP contribution in [0.1, 0.15) is 15.2 Å². The lowest BCUT2D eigenvalue weighted by atomic mass is 10.1. The Kier molecular flexibility index (Phi) is 3.91. The van der Waals surface area contributed by atoms with Crippen LogP contribution in [0, 0.1) is 5.82 Å². The van der Waals surface area contributed by atoms with Crippen molar-refractivity contribution < 1.29 is 19.1 Å². The molecule has 1 aromatic heterocycles. The number of nitrogens with one attached hydrogen (secondary N) is 1. The van der Waals surface area contributed by atoms with Gasteiger partial charge in [-0.1, -0.05) is 18.2 Å². The molecule has 0 atom stereocenters. The third kappa shape index (κ3) is 3.38. The number of rotatable bonds is 4.